The van der Waals surface area contributed by atoms with Gasteiger partial charge in [-0.1, -0.05) is 13.8 Å². The van der Waals surface area contributed by atoms with Crippen LogP contribution in [0.4, 0.5) is 0 Å². The van der Waals surface area contributed by atoms with Crippen molar-refractivity contribution in [1.82, 2.24) is 9.78 Å². The van der Waals surface area contributed by atoms with Crippen LogP contribution >= 0.6 is 15.9 Å². The molecule has 2 rings (SSSR count). The molecule has 0 bridgehead atoms. The molecule has 4 heteroatoms. The number of rotatable bonds is 3. The first-order valence-electron chi connectivity index (χ1n) is 6.92. The van der Waals surface area contributed by atoms with Crippen molar-refractivity contribution < 1.29 is 5.11 Å². The third-order valence-corrected chi connectivity index (χ3v) is 4.82. The van der Waals surface area contributed by atoms with E-state index >= 15 is 0 Å². The minimum atomic E-state index is -0.710. The molecular formula is C14H23BrN2O. The zero-order chi connectivity index (χ0) is 13.3. The Morgan fingerprint density at radius 1 is 1.61 bits per heavy atom. The summed E-state index contributed by atoms with van der Waals surface area (Å²) in [5.41, 5.74) is 0.258. The summed E-state index contributed by atoms with van der Waals surface area (Å²) in [6, 6.07) is 0. The fraction of sp³-hybridized carbons (Fsp3) is 0.786. The summed E-state index contributed by atoms with van der Waals surface area (Å²) in [5.74, 6) is 1.24. The molecule has 102 valence electrons. The highest BCUT2D eigenvalue weighted by molar-refractivity contribution is 9.10. The van der Waals surface area contributed by atoms with E-state index in [1.165, 1.54) is 6.42 Å². The summed E-state index contributed by atoms with van der Waals surface area (Å²) < 4.78 is 2.86. The normalized spacial score (nSPS) is 28.9. The smallest absolute Gasteiger partial charge is 0.108 e. The van der Waals surface area contributed by atoms with E-state index in [-0.39, 0.29) is 0 Å². The highest BCUT2D eigenvalue weighted by Gasteiger charge is 2.40. The number of hydrogen-bond donors (Lipinski definition) is 1. The molecule has 0 spiro atoms. The molecule has 0 radical (unpaired) electrons. The van der Waals surface area contributed by atoms with Gasteiger partial charge in [0.1, 0.15) is 5.60 Å². The molecule has 0 aliphatic heterocycles. The first kappa shape index (κ1) is 14.1. The van der Waals surface area contributed by atoms with E-state index in [1.807, 2.05) is 4.68 Å². The Bertz CT molecular complexity index is 416. The third kappa shape index (κ3) is 2.50. The number of halogens is 1. The standard InChI is InChI=1S/C14H23BrN2O/c1-4-17-13(12(15)9-16-17)14(18)7-5-6-11(8-14)10(2)3/h9-11,18H,4-8H2,1-3H3. The second kappa shape index (κ2) is 5.33. The Balaban J connectivity index is 2.32. The molecule has 1 aromatic rings. The summed E-state index contributed by atoms with van der Waals surface area (Å²) in [4.78, 5) is 0. The van der Waals surface area contributed by atoms with Gasteiger partial charge in [-0.05, 0) is 60.4 Å². The zero-order valence-corrected chi connectivity index (χ0v) is 13.1. The van der Waals surface area contributed by atoms with E-state index in [0.717, 1.165) is 36.0 Å². The van der Waals surface area contributed by atoms with E-state index in [1.54, 1.807) is 6.20 Å². The van der Waals surface area contributed by atoms with Crippen molar-refractivity contribution in [3.63, 3.8) is 0 Å². The minimum absolute atomic E-state index is 0.607. The molecule has 1 aliphatic carbocycles. The molecule has 0 amide bonds. The van der Waals surface area contributed by atoms with Crippen LogP contribution in [0.3, 0.4) is 0 Å². The maximum absolute atomic E-state index is 11.1. The maximum Gasteiger partial charge on any atom is 0.108 e. The molecular weight excluding hydrogens is 292 g/mol. The van der Waals surface area contributed by atoms with Gasteiger partial charge in [0.05, 0.1) is 16.4 Å². The highest BCUT2D eigenvalue weighted by atomic mass is 79.9. The molecule has 1 heterocycles. The summed E-state index contributed by atoms with van der Waals surface area (Å²) in [7, 11) is 0. The van der Waals surface area contributed by atoms with Gasteiger partial charge in [0.15, 0.2) is 0 Å². The second-order valence-electron chi connectivity index (χ2n) is 5.79. The van der Waals surface area contributed by atoms with Crippen LogP contribution < -0.4 is 0 Å². The van der Waals surface area contributed by atoms with Crippen LogP contribution in [0.2, 0.25) is 0 Å². The van der Waals surface area contributed by atoms with Crippen molar-refractivity contribution in [3.8, 4) is 0 Å². The average molecular weight is 315 g/mol. The lowest BCUT2D eigenvalue weighted by Crippen LogP contribution is -2.36. The molecule has 1 N–H and O–H groups in total. The largest absolute Gasteiger partial charge is 0.384 e. The van der Waals surface area contributed by atoms with E-state index in [2.05, 4.69) is 41.8 Å². The van der Waals surface area contributed by atoms with E-state index in [0.29, 0.717) is 11.8 Å². The van der Waals surface area contributed by atoms with Gasteiger partial charge in [0.25, 0.3) is 0 Å². The number of aliphatic hydroxyl groups is 1. The molecule has 3 nitrogen and oxygen atoms in total. The monoisotopic (exact) mass is 314 g/mol. The summed E-state index contributed by atoms with van der Waals surface area (Å²) >= 11 is 3.54. The quantitative estimate of drug-likeness (QED) is 0.923. The SMILES string of the molecule is CCn1ncc(Br)c1C1(O)CCCC(C(C)C)C1. The van der Waals surface area contributed by atoms with Gasteiger partial charge in [-0.2, -0.15) is 5.10 Å². The van der Waals surface area contributed by atoms with Crippen LogP contribution in [-0.2, 0) is 12.1 Å². The molecule has 2 unspecified atom stereocenters. The number of aryl methyl sites for hydroxylation is 1. The average Bonchev–Trinajstić information content (AvgIpc) is 2.71. The second-order valence-corrected chi connectivity index (χ2v) is 6.64. The lowest BCUT2D eigenvalue weighted by molar-refractivity contribution is -0.0370. The summed E-state index contributed by atoms with van der Waals surface area (Å²) in [5, 5.41) is 15.4. The van der Waals surface area contributed by atoms with Crippen LogP contribution in [0.25, 0.3) is 0 Å². The van der Waals surface area contributed by atoms with E-state index in [4.69, 9.17) is 0 Å². The van der Waals surface area contributed by atoms with Gasteiger partial charge in [-0.3, -0.25) is 4.68 Å². The summed E-state index contributed by atoms with van der Waals surface area (Å²) in [6.45, 7) is 7.37. The zero-order valence-electron chi connectivity index (χ0n) is 11.5. The minimum Gasteiger partial charge on any atom is -0.384 e. The Morgan fingerprint density at radius 2 is 2.33 bits per heavy atom. The number of nitrogens with zero attached hydrogens (tertiary/aromatic N) is 2. The van der Waals surface area contributed by atoms with Gasteiger partial charge < -0.3 is 5.11 Å². The van der Waals surface area contributed by atoms with Gasteiger partial charge in [-0.15, -0.1) is 0 Å². The first-order chi connectivity index (χ1) is 8.48. The lowest BCUT2D eigenvalue weighted by atomic mass is 9.72. The van der Waals surface area contributed by atoms with Crippen LogP contribution in [0, 0.1) is 11.8 Å². The van der Waals surface area contributed by atoms with Crippen LogP contribution in [0.15, 0.2) is 10.7 Å². The van der Waals surface area contributed by atoms with Crippen molar-refractivity contribution in [3.05, 3.63) is 16.4 Å². The van der Waals surface area contributed by atoms with Crippen molar-refractivity contribution in [2.45, 2.75) is 58.6 Å². The van der Waals surface area contributed by atoms with Gasteiger partial charge in [0.2, 0.25) is 0 Å². The predicted molar refractivity (Wildman–Crippen MR) is 76.3 cm³/mol. The first-order valence-corrected chi connectivity index (χ1v) is 7.71. The van der Waals surface area contributed by atoms with Crippen LogP contribution in [0.1, 0.15) is 52.1 Å². The fourth-order valence-corrected chi connectivity index (χ4v) is 3.81. The third-order valence-electron chi connectivity index (χ3n) is 4.24. The van der Waals surface area contributed by atoms with Crippen molar-refractivity contribution in [2.75, 3.05) is 0 Å². The van der Waals surface area contributed by atoms with Crippen molar-refractivity contribution in [2.24, 2.45) is 11.8 Å². The van der Waals surface area contributed by atoms with E-state index in [9.17, 15) is 5.11 Å². The van der Waals surface area contributed by atoms with Crippen LogP contribution in [0.5, 0.6) is 0 Å². The van der Waals surface area contributed by atoms with E-state index < -0.39 is 5.60 Å². The molecule has 0 saturated heterocycles. The Morgan fingerprint density at radius 3 is 2.94 bits per heavy atom. The molecule has 1 fully saturated rings. The molecule has 2 atom stereocenters. The Labute approximate surface area is 118 Å². The Kier molecular flexibility index (Phi) is 4.17. The molecule has 18 heavy (non-hydrogen) atoms. The molecule has 1 aromatic heterocycles. The van der Waals surface area contributed by atoms with Crippen molar-refractivity contribution in [1.29, 1.82) is 0 Å². The molecule has 0 aromatic carbocycles. The van der Waals surface area contributed by atoms with Crippen molar-refractivity contribution >= 4 is 15.9 Å². The molecule has 1 aliphatic rings. The Hall–Kier alpha value is -0.350. The fourth-order valence-electron chi connectivity index (χ4n) is 3.14. The number of hydrogen-bond acceptors (Lipinski definition) is 2. The van der Waals surface area contributed by atoms with Gasteiger partial charge in [-0.25, -0.2) is 0 Å². The summed E-state index contributed by atoms with van der Waals surface area (Å²) in [6.07, 6.45) is 5.84. The molecule has 1 saturated carbocycles. The maximum atomic E-state index is 11.1. The lowest BCUT2D eigenvalue weighted by Gasteiger charge is -2.39. The predicted octanol–water partition coefficient (Wildman–Crippen LogP) is 3.70. The van der Waals surface area contributed by atoms with Crippen LogP contribution in [-0.4, -0.2) is 14.9 Å². The number of aromatic nitrogens is 2. The highest BCUT2D eigenvalue weighted by Crippen LogP contribution is 2.44. The van der Waals surface area contributed by atoms with Gasteiger partial charge in [0, 0.05) is 6.54 Å². The topological polar surface area (TPSA) is 38.0 Å². The van der Waals surface area contributed by atoms with Gasteiger partial charge >= 0.3 is 0 Å².